The molecule has 1 aromatic carbocycles. The SMILES string of the molecule is O=C([O-])/C=C/c1ccc(C(=O)[O-])cc1. The molecule has 1 rings (SSSR count). The molecule has 14 heavy (non-hydrogen) atoms. The van der Waals surface area contributed by atoms with E-state index in [4.69, 9.17) is 0 Å². The van der Waals surface area contributed by atoms with E-state index in [9.17, 15) is 19.8 Å². The topological polar surface area (TPSA) is 80.3 Å². The van der Waals surface area contributed by atoms with Crippen molar-refractivity contribution in [3.8, 4) is 0 Å². The van der Waals surface area contributed by atoms with Gasteiger partial charge in [0.1, 0.15) is 0 Å². The van der Waals surface area contributed by atoms with Crippen molar-refractivity contribution in [2.45, 2.75) is 0 Å². The predicted octanol–water partition coefficient (Wildman–Crippen LogP) is -1.19. The Morgan fingerprint density at radius 2 is 1.64 bits per heavy atom. The number of carboxylic acids is 2. The molecule has 0 heterocycles. The molecule has 0 amide bonds. The monoisotopic (exact) mass is 190 g/mol. The summed E-state index contributed by atoms with van der Waals surface area (Å²) in [4.78, 5) is 20.4. The molecular formula is C10H6O4-2. The van der Waals surface area contributed by atoms with Gasteiger partial charge in [-0.15, -0.1) is 0 Å². The molecule has 0 spiro atoms. The Labute approximate surface area is 80.1 Å². The van der Waals surface area contributed by atoms with Crippen molar-refractivity contribution in [1.82, 2.24) is 0 Å². The van der Waals surface area contributed by atoms with Crippen molar-refractivity contribution < 1.29 is 19.8 Å². The van der Waals surface area contributed by atoms with Crippen molar-refractivity contribution >= 4 is 18.0 Å². The Hall–Kier alpha value is -2.10. The van der Waals surface area contributed by atoms with Gasteiger partial charge in [0.2, 0.25) is 0 Å². The Kier molecular flexibility index (Phi) is 3.01. The summed E-state index contributed by atoms with van der Waals surface area (Å²) >= 11 is 0. The Morgan fingerprint density at radius 1 is 1.07 bits per heavy atom. The van der Waals surface area contributed by atoms with Gasteiger partial charge in [0.25, 0.3) is 0 Å². The van der Waals surface area contributed by atoms with Crippen LogP contribution in [-0.4, -0.2) is 11.9 Å². The molecular weight excluding hydrogens is 184 g/mol. The largest absolute Gasteiger partial charge is 0.545 e. The maximum atomic E-state index is 10.3. The lowest BCUT2D eigenvalue weighted by Gasteiger charge is -2.01. The van der Waals surface area contributed by atoms with Crippen molar-refractivity contribution in [3.63, 3.8) is 0 Å². The number of rotatable bonds is 3. The normalized spacial score (nSPS) is 10.3. The molecule has 4 nitrogen and oxygen atoms in total. The highest BCUT2D eigenvalue weighted by atomic mass is 16.4. The molecule has 0 radical (unpaired) electrons. The van der Waals surface area contributed by atoms with Crippen LogP contribution in [0.3, 0.4) is 0 Å². The van der Waals surface area contributed by atoms with E-state index in [1.54, 1.807) is 0 Å². The van der Waals surface area contributed by atoms with Gasteiger partial charge in [-0.2, -0.15) is 0 Å². The Morgan fingerprint density at radius 3 is 2.07 bits per heavy atom. The second kappa shape index (κ2) is 4.23. The van der Waals surface area contributed by atoms with Crippen LogP contribution in [0.25, 0.3) is 6.08 Å². The zero-order valence-electron chi connectivity index (χ0n) is 7.10. The number of carbonyl (C=O) groups is 2. The molecule has 0 aliphatic heterocycles. The quantitative estimate of drug-likeness (QED) is 0.561. The first-order chi connectivity index (χ1) is 6.59. The van der Waals surface area contributed by atoms with Gasteiger partial charge in [-0.25, -0.2) is 0 Å². The van der Waals surface area contributed by atoms with Crippen LogP contribution in [0, 0.1) is 0 Å². The first kappa shape index (κ1) is 9.98. The summed E-state index contributed by atoms with van der Waals surface area (Å²) in [5.41, 5.74) is 0.634. The first-order valence-corrected chi connectivity index (χ1v) is 3.80. The van der Waals surface area contributed by atoms with Gasteiger partial charge in [0, 0.05) is 0 Å². The lowest BCUT2D eigenvalue weighted by Crippen LogP contribution is -2.21. The zero-order chi connectivity index (χ0) is 10.6. The van der Waals surface area contributed by atoms with Crippen LogP contribution in [0.4, 0.5) is 0 Å². The van der Waals surface area contributed by atoms with Gasteiger partial charge in [-0.3, -0.25) is 0 Å². The van der Waals surface area contributed by atoms with E-state index in [0.29, 0.717) is 5.56 Å². The number of aliphatic carboxylic acids is 1. The zero-order valence-corrected chi connectivity index (χ0v) is 7.10. The number of hydrogen-bond donors (Lipinski definition) is 0. The van der Waals surface area contributed by atoms with Crippen LogP contribution >= 0.6 is 0 Å². The lowest BCUT2D eigenvalue weighted by atomic mass is 10.1. The van der Waals surface area contributed by atoms with Crippen LogP contribution in [0.5, 0.6) is 0 Å². The van der Waals surface area contributed by atoms with Gasteiger partial charge in [-0.05, 0) is 17.2 Å². The molecule has 4 heteroatoms. The predicted molar refractivity (Wildman–Crippen MR) is 44.8 cm³/mol. The molecule has 0 aliphatic rings. The molecule has 0 N–H and O–H groups in total. The van der Waals surface area contributed by atoms with Crippen molar-refractivity contribution in [2.75, 3.05) is 0 Å². The summed E-state index contributed by atoms with van der Waals surface area (Å²) in [6.45, 7) is 0. The van der Waals surface area contributed by atoms with Crippen LogP contribution in [-0.2, 0) is 4.79 Å². The van der Waals surface area contributed by atoms with Crippen LogP contribution in [0.15, 0.2) is 30.3 Å². The van der Waals surface area contributed by atoms with Gasteiger partial charge in [0.05, 0.1) is 11.9 Å². The molecule has 0 saturated heterocycles. The molecule has 0 atom stereocenters. The Bertz CT molecular complexity index is 376. The fourth-order valence-electron chi connectivity index (χ4n) is 0.895. The number of carboxylic acid groups (broad SMARTS) is 2. The number of carbonyl (C=O) groups excluding carboxylic acids is 2. The summed E-state index contributed by atoms with van der Waals surface area (Å²) in [6, 6.07) is 5.63. The summed E-state index contributed by atoms with van der Waals surface area (Å²) in [5.74, 6) is -2.56. The highest BCUT2D eigenvalue weighted by Gasteiger charge is 1.91. The molecule has 1 aromatic rings. The third-order valence-corrected chi connectivity index (χ3v) is 1.56. The third kappa shape index (κ3) is 2.75. The minimum Gasteiger partial charge on any atom is -0.545 e. The van der Waals surface area contributed by atoms with E-state index in [1.165, 1.54) is 30.3 Å². The van der Waals surface area contributed by atoms with E-state index in [0.717, 1.165) is 6.08 Å². The van der Waals surface area contributed by atoms with Crippen LogP contribution in [0.1, 0.15) is 15.9 Å². The molecule has 0 aromatic heterocycles. The third-order valence-electron chi connectivity index (χ3n) is 1.56. The second-order valence-electron chi connectivity index (χ2n) is 2.56. The summed E-state index contributed by atoms with van der Waals surface area (Å²) in [7, 11) is 0. The number of hydrogen-bond acceptors (Lipinski definition) is 4. The number of aromatic carboxylic acids is 1. The maximum absolute atomic E-state index is 10.3. The average molecular weight is 190 g/mol. The van der Waals surface area contributed by atoms with Gasteiger partial charge in [0.15, 0.2) is 0 Å². The van der Waals surface area contributed by atoms with Crippen molar-refractivity contribution in [1.29, 1.82) is 0 Å². The van der Waals surface area contributed by atoms with E-state index < -0.39 is 11.9 Å². The lowest BCUT2D eigenvalue weighted by molar-refractivity contribution is -0.297. The summed E-state index contributed by atoms with van der Waals surface area (Å²) in [6.07, 6.45) is 2.18. The minimum absolute atomic E-state index is 0.0515. The fraction of sp³-hybridized carbons (Fsp3) is 0. The molecule has 0 bridgehead atoms. The average Bonchev–Trinajstić information content (AvgIpc) is 2.15. The highest BCUT2D eigenvalue weighted by molar-refractivity contribution is 5.87. The summed E-state index contributed by atoms with van der Waals surface area (Å²) < 4.78 is 0. The standard InChI is InChI=1S/C10H8O4/c11-9(12)6-3-7-1-4-8(5-2-7)10(13)14/h1-6H,(H,11,12)(H,13,14)/p-2/b6-3+. The molecule has 0 unspecified atom stereocenters. The van der Waals surface area contributed by atoms with E-state index >= 15 is 0 Å². The van der Waals surface area contributed by atoms with E-state index in [-0.39, 0.29) is 5.56 Å². The maximum Gasteiger partial charge on any atom is 0.0715 e. The first-order valence-electron chi connectivity index (χ1n) is 3.80. The van der Waals surface area contributed by atoms with E-state index in [2.05, 4.69) is 0 Å². The Balaban J connectivity index is 2.83. The molecule has 0 saturated carbocycles. The highest BCUT2D eigenvalue weighted by Crippen LogP contribution is 2.05. The van der Waals surface area contributed by atoms with Crippen molar-refractivity contribution in [3.05, 3.63) is 41.5 Å². The van der Waals surface area contributed by atoms with Gasteiger partial charge >= 0.3 is 0 Å². The second-order valence-corrected chi connectivity index (χ2v) is 2.56. The van der Waals surface area contributed by atoms with Crippen LogP contribution in [0.2, 0.25) is 0 Å². The minimum atomic E-state index is -1.30. The molecule has 0 fully saturated rings. The van der Waals surface area contributed by atoms with Crippen molar-refractivity contribution in [2.24, 2.45) is 0 Å². The van der Waals surface area contributed by atoms with Gasteiger partial charge in [-0.1, -0.05) is 30.3 Å². The summed E-state index contributed by atoms with van der Waals surface area (Å²) in [5, 5.41) is 20.4. The molecule has 72 valence electrons. The van der Waals surface area contributed by atoms with Gasteiger partial charge < -0.3 is 19.8 Å². The molecule has 0 aliphatic carbocycles. The van der Waals surface area contributed by atoms with Crippen LogP contribution < -0.4 is 10.2 Å². The smallest absolute Gasteiger partial charge is 0.0715 e. The number of benzene rings is 1. The van der Waals surface area contributed by atoms with E-state index in [1.807, 2.05) is 0 Å². The fourth-order valence-corrected chi connectivity index (χ4v) is 0.895.